The number of benzene rings is 2. The first-order valence-electron chi connectivity index (χ1n) is 12.7. The summed E-state index contributed by atoms with van der Waals surface area (Å²) in [6.07, 6.45) is 6.49. The summed E-state index contributed by atoms with van der Waals surface area (Å²) in [6, 6.07) is 17.3. The summed E-state index contributed by atoms with van der Waals surface area (Å²) in [4.78, 5) is 20.7. The molecule has 188 valence electrons. The Kier molecular flexibility index (Phi) is 7.16. The van der Waals surface area contributed by atoms with Crippen molar-refractivity contribution in [3.05, 3.63) is 78.5 Å². The van der Waals surface area contributed by atoms with Gasteiger partial charge in [-0.15, -0.1) is 10.2 Å². The number of H-pyrrole nitrogens is 1. The van der Waals surface area contributed by atoms with Gasteiger partial charge in [0, 0.05) is 54.5 Å². The highest BCUT2D eigenvalue weighted by Gasteiger charge is 2.35. The number of hydrogen-bond acceptors (Lipinski definition) is 6. The number of nitrogens with one attached hydrogen (secondary N) is 1. The van der Waals surface area contributed by atoms with Crippen LogP contribution in [-0.4, -0.2) is 73.8 Å². The summed E-state index contributed by atoms with van der Waals surface area (Å²) in [6.45, 7) is 9.04. The molecule has 3 unspecified atom stereocenters. The van der Waals surface area contributed by atoms with Crippen LogP contribution in [-0.2, 0) is 16.0 Å². The van der Waals surface area contributed by atoms with E-state index in [2.05, 4.69) is 86.6 Å². The predicted molar refractivity (Wildman–Crippen MR) is 140 cm³/mol. The number of rotatable bonds is 8. The molecule has 3 atom stereocenters. The topological polar surface area (TPSA) is 79.3 Å². The lowest BCUT2D eigenvalue weighted by Crippen LogP contribution is -2.55. The van der Waals surface area contributed by atoms with Crippen LogP contribution in [0.15, 0.2) is 67.4 Å². The second-order valence-electron chi connectivity index (χ2n) is 9.55. The van der Waals surface area contributed by atoms with Crippen molar-refractivity contribution in [1.82, 2.24) is 29.5 Å². The number of fused-ring (bicyclic) bond motifs is 1. The molecule has 1 fully saturated rings. The standard InChI is InChI=1S/C28H34N6O2/c1-4-36-28(35)21(3)32-12-13-34(27(17-32)22-8-6-5-7-9-22)20(2)14-23-16-29-26-11-10-24(15-25(23)26)33-18-30-31-19-33/h5-11,15-16,18-21,27,29H,4,12-14,17H2,1-3H3. The van der Waals surface area contributed by atoms with E-state index in [1.165, 1.54) is 16.5 Å². The molecule has 0 saturated carbocycles. The van der Waals surface area contributed by atoms with Gasteiger partial charge in [-0.25, -0.2) is 0 Å². The quantitative estimate of drug-likeness (QED) is 0.380. The van der Waals surface area contributed by atoms with Crippen molar-refractivity contribution >= 4 is 16.9 Å². The zero-order valence-electron chi connectivity index (χ0n) is 21.2. The molecule has 2 aromatic heterocycles. The van der Waals surface area contributed by atoms with Crippen molar-refractivity contribution in [1.29, 1.82) is 0 Å². The lowest BCUT2D eigenvalue weighted by atomic mass is 9.96. The summed E-state index contributed by atoms with van der Waals surface area (Å²) in [5.74, 6) is -0.145. The maximum atomic E-state index is 12.5. The normalized spacial score (nSPS) is 18.8. The van der Waals surface area contributed by atoms with Crippen LogP contribution in [0.2, 0.25) is 0 Å². The highest BCUT2D eigenvalue weighted by atomic mass is 16.5. The van der Waals surface area contributed by atoms with Crippen LogP contribution in [0.4, 0.5) is 0 Å². The van der Waals surface area contributed by atoms with E-state index < -0.39 is 0 Å². The van der Waals surface area contributed by atoms with E-state index in [1.54, 1.807) is 12.7 Å². The lowest BCUT2D eigenvalue weighted by Gasteiger charge is -2.46. The number of aromatic amines is 1. The predicted octanol–water partition coefficient (Wildman–Crippen LogP) is 3.99. The molecule has 0 spiro atoms. The number of hydrogen-bond donors (Lipinski definition) is 1. The van der Waals surface area contributed by atoms with Crippen LogP contribution in [0.25, 0.3) is 16.6 Å². The van der Waals surface area contributed by atoms with Crippen molar-refractivity contribution in [2.75, 3.05) is 26.2 Å². The average molecular weight is 487 g/mol. The Morgan fingerprint density at radius 1 is 1.11 bits per heavy atom. The van der Waals surface area contributed by atoms with E-state index in [0.717, 1.165) is 37.3 Å². The summed E-state index contributed by atoms with van der Waals surface area (Å²) in [5, 5.41) is 9.10. The monoisotopic (exact) mass is 486 g/mol. The van der Waals surface area contributed by atoms with Crippen LogP contribution in [0, 0.1) is 0 Å². The van der Waals surface area contributed by atoms with Gasteiger partial charge >= 0.3 is 5.97 Å². The van der Waals surface area contributed by atoms with Gasteiger partial charge in [0.15, 0.2) is 0 Å². The zero-order chi connectivity index (χ0) is 25.1. The number of carbonyl (C=O) groups is 1. The number of ether oxygens (including phenoxy) is 1. The fourth-order valence-corrected chi connectivity index (χ4v) is 5.35. The van der Waals surface area contributed by atoms with Crippen molar-refractivity contribution in [3.8, 4) is 5.69 Å². The molecular formula is C28H34N6O2. The third kappa shape index (κ3) is 4.92. The van der Waals surface area contributed by atoms with Gasteiger partial charge in [0.25, 0.3) is 0 Å². The third-order valence-corrected chi connectivity index (χ3v) is 7.36. The second-order valence-corrected chi connectivity index (χ2v) is 9.55. The minimum absolute atomic E-state index is 0.145. The Labute approximate surface area is 211 Å². The largest absolute Gasteiger partial charge is 0.465 e. The SMILES string of the molecule is CCOC(=O)C(C)N1CCN(C(C)Cc2c[nH]c3ccc(-n4cnnc4)cc23)C(c2ccccc2)C1. The highest BCUT2D eigenvalue weighted by Crippen LogP contribution is 2.31. The van der Waals surface area contributed by atoms with Crippen molar-refractivity contribution in [2.45, 2.75) is 45.3 Å². The van der Waals surface area contributed by atoms with Crippen molar-refractivity contribution in [2.24, 2.45) is 0 Å². The molecule has 0 radical (unpaired) electrons. The molecule has 36 heavy (non-hydrogen) atoms. The second kappa shape index (κ2) is 10.6. The molecule has 1 N–H and O–H groups in total. The zero-order valence-corrected chi connectivity index (χ0v) is 21.2. The molecule has 8 nitrogen and oxygen atoms in total. The molecule has 1 saturated heterocycles. The average Bonchev–Trinajstić information content (AvgIpc) is 3.59. The molecule has 2 aromatic carbocycles. The molecule has 5 rings (SSSR count). The Bertz CT molecular complexity index is 1290. The molecule has 1 aliphatic rings. The minimum atomic E-state index is -0.252. The number of esters is 1. The Balaban J connectivity index is 1.38. The van der Waals surface area contributed by atoms with E-state index >= 15 is 0 Å². The van der Waals surface area contributed by atoms with Gasteiger partial charge < -0.3 is 9.72 Å². The van der Waals surface area contributed by atoms with E-state index in [9.17, 15) is 4.79 Å². The van der Waals surface area contributed by atoms with Gasteiger partial charge in [0.05, 0.1) is 6.61 Å². The summed E-state index contributed by atoms with van der Waals surface area (Å²) in [7, 11) is 0. The molecule has 4 aromatic rings. The molecule has 0 bridgehead atoms. The summed E-state index contributed by atoms with van der Waals surface area (Å²) in [5.41, 5.74) is 4.74. The Hall–Kier alpha value is -3.49. The molecule has 8 heteroatoms. The molecular weight excluding hydrogens is 452 g/mol. The number of piperazine rings is 1. The van der Waals surface area contributed by atoms with Crippen LogP contribution >= 0.6 is 0 Å². The smallest absolute Gasteiger partial charge is 0.323 e. The van der Waals surface area contributed by atoms with Crippen LogP contribution < -0.4 is 0 Å². The minimum Gasteiger partial charge on any atom is -0.465 e. The fraction of sp³-hybridized carbons (Fsp3) is 0.393. The van der Waals surface area contributed by atoms with Gasteiger partial charge in [0.1, 0.15) is 18.7 Å². The van der Waals surface area contributed by atoms with Crippen molar-refractivity contribution in [3.63, 3.8) is 0 Å². The van der Waals surface area contributed by atoms with E-state index in [1.807, 2.05) is 18.4 Å². The first-order valence-corrected chi connectivity index (χ1v) is 12.7. The molecule has 3 heterocycles. The maximum absolute atomic E-state index is 12.5. The Morgan fingerprint density at radius 2 is 1.89 bits per heavy atom. The highest BCUT2D eigenvalue weighted by molar-refractivity contribution is 5.85. The van der Waals surface area contributed by atoms with E-state index in [4.69, 9.17) is 4.74 Å². The first kappa shape index (κ1) is 24.2. The molecule has 1 aliphatic heterocycles. The fourth-order valence-electron chi connectivity index (χ4n) is 5.35. The van der Waals surface area contributed by atoms with Crippen LogP contribution in [0.3, 0.4) is 0 Å². The first-order chi connectivity index (χ1) is 17.5. The van der Waals surface area contributed by atoms with Gasteiger partial charge in [0.2, 0.25) is 0 Å². The number of nitrogens with zero attached hydrogens (tertiary/aromatic N) is 5. The van der Waals surface area contributed by atoms with E-state index in [0.29, 0.717) is 12.6 Å². The van der Waals surface area contributed by atoms with E-state index in [-0.39, 0.29) is 18.1 Å². The molecule has 0 amide bonds. The summed E-state index contributed by atoms with van der Waals surface area (Å²) >= 11 is 0. The number of aromatic nitrogens is 4. The summed E-state index contributed by atoms with van der Waals surface area (Å²) < 4.78 is 7.24. The van der Waals surface area contributed by atoms with Gasteiger partial charge in [-0.2, -0.15) is 0 Å². The third-order valence-electron chi connectivity index (χ3n) is 7.36. The van der Waals surface area contributed by atoms with Crippen LogP contribution in [0.1, 0.15) is 37.9 Å². The molecule has 0 aliphatic carbocycles. The van der Waals surface area contributed by atoms with Crippen LogP contribution in [0.5, 0.6) is 0 Å². The Morgan fingerprint density at radius 3 is 2.64 bits per heavy atom. The maximum Gasteiger partial charge on any atom is 0.323 e. The van der Waals surface area contributed by atoms with Crippen molar-refractivity contribution < 1.29 is 9.53 Å². The van der Waals surface area contributed by atoms with Gasteiger partial charge in [-0.05, 0) is 56.5 Å². The van der Waals surface area contributed by atoms with Gasteiger partial charge in [-0.1, -0.05) is 30.3 Å². The number of carbonyl (C=O) groups excluding carboxylic acids is 1. The lowest BCUT2D eigenvalue weighted by molar-refractivity contribution is -0.150. The van der Waals surface area contributed by atoms with Gasteiger partial charge in [-0.3, -0.25) is 19.2 Å².